The molecule has 4 nitrogen and oxygen atoms in total. The molecule has 0 aliphatic rings. The van der Waals surface area contributed by atoms with Gasteiger partial charge in [0.05, 0.1) is 0 Å². The Labute approximate surface area is 147 Å². The molecule has 0 amide bonds. The van der Waals surface area contributed by atoms with Crippen LogP contribution in [0.25, 0.3) is 0 Å². The second-order valence-corrected chi connectivity index (χ2v) is 11.8. The van der Waals surface area contributed by atoms with Crippen molar-refractivity contribution in [3.8, 4) is 0 Å². The predicted octanol–water partition coefficient (Wildman–Crippen LogP) is 3.21. The molecule has 0 aromatic heterocycles. The second kappa shape index (κ2) is 13.4. The van der Waals surface area contributed by atoms with E-state index >= 15 is 0 Å². The van der Waals surface area contributed by atoms with Gasteiger partial charge in [-0.3, -0.25) is 0 Å². The van der Waals surface area contributed by atoms with Gasteiger partial charge in [-0.05, 0) is 98.8 Å². The minimum atomic E-state index is -1.49. The van der Waals surface area contributed by atoms with Gasteiger partial charge in [-0.25, -0.2) is 0 Å². The Morgan fingerprint density at radius 3 is 1.52 bits per heavy atom. The van der Waals surface area contributed by atoms with Crippen LogP contribution in [-0.2, 0) is 4.43 Å². The zero-order valence-electron chi connectivity index (χ0n) is 17.0. The molecule has 0 N–H and O–H groups in total. The Bertz CT molecular complexity index is 257. The fourth-order valence-corrected chi connectivity index (χ4v) is 6.20. The topological polar surface area (TPSA) is 19.0 Å². The number of nitrogens with zero attached hydrogens (tertiary/aromatic N) is 3. The lowest BCUT2D eigenvalue weighted by molar-refractivity contribution is 0.243. The summed E-state index contributed by atoms with van der Waals surface area (Å²) in [6, 6.07) is 3.79. The largest absolute Gasteiger partial charge is 0.417 e. The molecule has 0 rings (SSSR count). The van der Waals surface area contributed by atoms with Crippen LogP contribution >= 0.6 is 0 Å². The highest BCUT2D eigenvalue weighted by Crippen LogP contribution is 2.22. The smallest absolute Gasteiger partial charge is 0.193 e. The molecule has 0 unspecified atom stereocenters. The van der Waals surface area contributed by atoms with Gasteiger partial charge >= 0.3 is 0 Å². The summed E-state index contributed by atoms with van der Waals surface area (Å²) in [4.78, 5) is 7.25. The summed E-state index contributed by atoms with van der Waals surface area (Å²) >= 11 is 0. The van der Waals surface area contributed by atoms with Crippen molar-refractivity contribution in [1.82, 2.24) is 14.7 Å². The molecule has 5 heteroatoms. The van der Waals surface area contributed by atoms with Crippen molar-refractivity contribution in [2.75, 3.05) is 67.5 Å². The van der Waals surface area contributed by atoms with Crippen LogP contribution in [0.15, 0.2) is 0 Å². The summed E-state index contributed by atoms with van der Waals surface area (Å²) in [5.41, 5.74) is 0. The van der Waals surface area contributed by atoms with Crippen LogP contribution in [0.4, 0.5) is 0 Å². The maximum absolute atomic E-state index is 6.26. The first-order chi connectivity index (χ1) is 10.9. The van der Waals surface area contributed by atoms with Gasteiger partial charge in [-0.1, -0.05) is 13.8 Å². The van der Waals surface area contributed by atoms with Crippen molar-refractivity contribution in [3.05, 3.63) is 0 Å². The Morgan fingerprint density at radius 1 is 0.696 bits per heavy atom. The lowest BCUT2D eigenvalue weighted by atomic mass is 10.3. The van der Waals surface area contributed by atoms with E-state index in [9.17, 15) is 0 Å². The van der Waals surface area contributed by atoms with Crippen LogP contribution in [-0.4, -0.2) is 90.5 Å². The van der Waals surface area contributed by atoms with Crippen molar-refractivity contribution in [2.24, 2.45) is 0 Å². The molecule has 0 spiro atoms. The molecule has 0 aliphatic heterocycles. The van der Waals surface area contributed by atoms with Crippen molar-refractivity contribution in [1.29, 1.82) is 0 Å². The van der Waals surface area contributed by atoms with E-state index in [2.05, 4.69) is 63.7 Å². The van der Waals surface area contributed by atoms with E-state index in [1.807, 2.05) is 0 Å². The number of hydrogen-bond donors (Lipinski definition) is 0. The zero-order valence-corrected chi connectivity index (χ0v) is 18.0. The fraction of sp³-hybridized carbons (Fsp3) is 1.00. The van der Waals surface area contributed by atoms with Crippen molar-refractivity contribution < 1.29 is 4.43 Å². The molecule has 0 saturated carbocycles. The molecule has 0 heterocycles. The second-order valence-electron chi connectivity index (χ2n) is 7.23. The lowest BCUT2D eigenvalue weighted by Gasteiger charge is -2.32. The summed E-state index contributed by atoms with van der Waals surface area (Å²) in [6.45, 7) is 13.7. The minimum Gasteiger partial charge on any atom is -0.417 e. The third-order valence-electron chi connectivity index (χ3n) is 4.78. The SMILES string of the molecule is CCO[Si](CC)(CC)CCN(CCCN(C)C)CCCN(C)C. The van der Waals surface area contributed by atoms with E-state index in [1.165, 1.54) is 63.7 Å². The summed E-state index contributed by atoms with van der Waals surface area (Å²) in [7, 11) is 7.17. The van der Waals surface area contributed by atoms with Crippen LogP contribution in [0.1, 0.15) is 33.6 Å². The molecule has 140 valence electrons. The van der Waals surface area contributed by atoms with Crippen LogP contribution in [0.3, 0.4) is 0 Å². The Kier molecular flexibility index (Phi) is 13.4. The highest BCUT2D eigenvalue weighted by Gasteiger charge is 2.30. The predicted molar refractivity (Wildman–Crippen MR) is 106 cm³/mol. The molecule has 0 fully saturated rings. The maximum atomic E-state index is 6.26. The third-order valence-corrected chi connectivity index (χ3v) is 9.40. The Morgan fingerprint density at radius 2 is 1.17 bits per heavy atom. The normalized spacial score (nSPS) is 12.8. The number of hydrogen-bond acceptors (Lipinski definition) is 4. The van der Waals surface area contributed by atoms with Gasteiger partial charge in [-0.2, -0.15) is 0 Å². The standard InChI is InChI=1S/C18H43N3OSi/c1-8-22-23(9-2,10-3)18-17-21(15-11-13-19(4)5)16-12-14-20(6)7/h8-18H2,1-7H3. The van der Waals surface area contributed by atoms with E-state index in [1.54, 1.807) is 0 Å². The molecule has 0 aliphatic carbocycles. The average Bonchev–Trinajstić information content (AvgIpc) is 2.50. The summed E-state index contributed by atoms with van der Waals surface area (Å²) in [5, 5.41) is 0. The summed E-state index contributed by atoms with van der Waals surface area (Å²) < 4.78 is 6.26. The lowest BCUT2D eigenvalue weighted by Crippen LogP contribution is -2.41. The summed E-state index contributed by atoms with van der Waals surface area (Å²) in [5.74, 6) is 0. The van der Waals surface area contributed by atoms with E-state index in [0.29, 0.717) is 0 Å². The Balaban J connectivity index is 4.45. The molecular formula is C18H43N3OSi. The molecule has 0 aromatic rings. The van der Waals surface area contributed by atoms with Crippen molar-refractivity contribution in [3.63, 3.8) is 0 Å². The first-order valence-electron chi connectivity index (χ1n) is 9.54. The van der Waals surface area contributed by atoms with E-state index in [-0.39, 0.29) is 0 Å². The van der Waals surface area contributed by atoms with Gasteiger partial charge in [0.15, 0.2) is 8.32 Å². The van der Waals surface area contributed by atoms with E-state index in [0.717, 1.165) is 6.61 Å². The van der Waals surface area contributed by atoms with Crippen molar-refractivity contribution in [2.45, 2.75) is 51.7 Å². The highest BCUT2D eigenvalue weighted by molar-refractivity contribution is 6.73. The first kappa shape index (κ1) is 23.1. The van der Waals surface area contributed by atoms with Gasteiger partial charge in [0.1, 0.15) is 0 Å². The monoisotopic (exact) mass is 345 g/mol. The zero-order chi connectivity index (χ0) is 17.7. The molecule has 0 saturated heterocycles. The molecular weight excluding hydrogens is 302 g/mol. The van der Waals surface area contributed by atoms with Gasteiger partial charge in [-0.15, -0.1) is 0 Å². The molecule has 0 radical (unpaired) electrons. The van der Waals surface area contributed by atoms with Crippen molar-refractivity contribution >= 4 is 8.32 Å². The number of rotatable bonds is 15. The first-order valence-corrected chi connectivity index (χ1v) is 12.1. The van der Waals surface area contributed by atoms with E-state index in [4.69, 9.17) is 4.43 Å². The van der Waals surface area contributed by atoms with Crippen LogP contribution in [0.2, 0.25) is 18.1 Å². The van der Waals surface area contributed by atoms with Gasteiger partial charge in [0.25, 0.3) is 0 Å². The van der Waals surface area contributed by atoms with Crippen LogP contribution in [0, 0.1) is 0 Å². The third kappa shape index (κ3) is 11.3. The van der Waals surface area contributed by atoms with Crippen LogP contribution < -0.4 is 0 Å². The van der Waals surface area contributed by atoms with Gasteiger partial charge in [0, 0.05) is 6.61 Å². The van der Waals surface area contributed by atoms with Gasteiger partial charge < -0.3 is 19.1 Å². The minimum absolute atomic E-state index is 0.884. The van der Waals surface area contributed by atoms with E-state index < -0.39 is 8.32 Å². The fourth-order valence-electron chi connectivity index (χ4n) is 3.10. The quantitative estimate of drug-likeness (QED) is 0.424. The molecule has 23 heavy (non-hydrogen) atoms. The van der Waals surface area contributed by atoms with Gasteiger partial charge in [0.2, 0.25) is 0 Å². The van der Waals surface area contributed by atoms with Crippen LogP contribution in [0.5, 0.6) is 0 Å². The Hall–Kier alpha value is 0.0569. The molecule has 0 atom stereocenters. The summed E-state index contributed by atoms with van der Waals surface area (Å²) in [6.07, 6.45) is 2.52. The average molecular weight is 346 g/mol. The maximum Gasteiger partial charge on any atom is 0.193 e. The molecule has 0 aromatic carbocycles. The molecule has 0 bridgehead atoms. The highest BCUT2D eigenvalue weighted by atomic mass is 28.4.